The molecule has 1 amide bonds. The van der Waals surface area contributed by atoms with E-state index in [0.717, 1.165) is 11.3 Å². The van der Waals surface area contributed by atoms with Crippen LogP contribution in [0, 0.1) is 10.1 Å². The van der Waals surface area contributed by atoms with Gasteiger partial charge < -0.3 is 10.1 Å². The van der Waals surface area contributed by atoms with Crippen molar-refractivity contribution >= 4 is 40.2 Å². The first-order valence-corrected chi connectivity index (χ1v) is 6.33. The molecule has 0 aliphatic rings. The van der Waals surface area contributed by atoms with Gasteiger partial charge in [-0.25, -0.2) is 0 Å². The zero-order valence-electron chi connectivity index (χ0n) is 9.99. The third-order valence-electron chi connectivity index (χ3n) is 2.24. The molecule has 0 spiro atoms. The standard InChI is InChI=1S/C10H7ClN4O4S/c1-19-7-3-2-5(15(17)18)4-6(7)12-8(16)9-13-14-10(11)20-9/h2-4H,1H3,(H,12,16). The molecule has 104 valence electrons. The predicted octanol–water partition coefficient (Wildman–Crippen LogP) is 2.36. The van der Waals surface area contributed by atoms with Gasteiger partial charge in [0.25, 0.3) is 11.6 Å². The number of methoxy groups -OCH3 is 1. The molecule has 0 bridgehead atoms. The number of aromatic nitrogens is 2. The summed E-state index contributed by atoms with van der Waals surface area (Å²) in [6, 6.07) is 3.86. The number of benzene rings is 1. The Kier molecular flexibility index (Phi) is 4.11. The van der Waals surface area contributed by atoms with E-state index in [2.05, 4.69) is 15.5 Å². The predicted molar refractivity (Wildman–Crippen MR) is 72.5 cm³/mol. The number of hydrogen-bond donors (Lipinski definition) is 1. The number of carbonyl (C=O) groups excluding carboxylic acids is 1. The van der Waals surface area contributed by atoms with Crippen molar-refractivity contribution in [2.45, 2.75) is 0 Å². The van der Waals surface area contributed by atoms with E-state index in [-0.39, 0.29) is 20.8 Å². The van der Waals surface area contributed by atoms with Crippen LogP contribution in [0.4, 0.5) is 11.4 Å². The number of nitrogens with one attached hydrogen (secondary N) is 1. The van der Waals surface area contributed by atoms with Crippen molar-refractivity contribution in [2.75, 3.05) is 12.4 Å². The second-order valence-corrected chi connectivity index (χ2v) is 5.02. The minimum atomic E-state index is -0.576. The lowest BCUT2D eigenvalue weighted by Crippen LogP contribution is -2.12. The number of anilines is 1. The van der Waals surface area contributed by atoms with Gasteiger partial charge in [0, 0.05) is 12.1 Å². The van der Waals surface area contributed by atoms with Crippen LogP contribution < -0.4 is 10.1 Å². The van der Waals surface area contributed by atoms with E-state index in [1.54, 1.807) is 0 Å². The molecule has 2 aromatic rings. The summed E-state index contributed by atoms with van der Waals surface area (Å²) in [6.07, 6.45) is 0. The van der Waals surface area contributed by atoms with Crippen LogP contribution in [0.25, 0.3) is 0 Å². The van der Waals surface area contributed by atoms with Crippen LogP contribution in [0.3, 0.4) is 0 Å². The summed E-state index contributed by atoms with van der Waals surface area (Å²) < 4.78 is 5.15. The molecule has 20 heavy (non-hydrogen) atoms. The maximum Gasteiger partial charge on any atom is 0.286 e. The SMILES string of the molecule is COc1ccc([N+](=O)[O-])cc1NC(=O)c1nnc(Cl)s1. The van der Waals surface area contributed by atoms with Gasteiger partial charge in [-0.1, -0.05) is 11.3 Å². The minimum Gasteiger partial charge on any atom is -0.495 e. The van der Waals surface area contributed by atoms with Crippen molar-refractivity contribution in [3.05, 3.63) is 37.8 Å². The Morgan fingerprint density at radius 2 is 2.25 bits per heavy atom. The third kappa shape index (κ3) is 3.00. The highest BCUT2D eigenvalue weighted by atomic mass is 35.5. The molecule has 1 heterocycles. The van der Waals surface area contributed by atoms with Gasteiger partial charge in [0.1, 0.15) is 5.75 Å². The van der Waals surface area contributed by atoms with E-state index in [0.29, 0.717) is 5.75 Å². The van der Waals surface area contributed by atoms with Crippen LogP contribution in [0.5, 0.6) is 5.75 Å². The van der Waals surface area contributed by atoms with Gasteiger partial charge >= 0.3 is 0 Å². The van der Waals surface area contributed by atoms with E-state index < -0.39 is 10.8 Å². The molecule has 0 aliphatic heterocycles. The number of amides is 1. The first-order chi connectivity index (χ1) is 9.51. The highest BCUT2D eigenvalue weighted by molar-refractivity contribution is 7.17. The molecular formula is C10H7ClN4O4S. The minimum absolute atomic E-state index is 0.0450. The van der Waals surface area contributed by atoms with E-state index >= 15 is 0 Å². The third-order valence-corrected chi connectivity index (χ3v) is 3.25. The lowest BCUT2D eigenvalue weighted by molar-refractivity contribution is -0.384. The molecule has 0 fully saturated rings. The van der Waals surface area contributed by atoms with Crippen LogP contribution in [0.1, 0.15) is 9.80 Å². The Morgan fingerprint density at radius 3 is 2.80 bits per heavy atom. The lowest BCUT2D eigenvalue weighted by Gasteiger charge is -2.08. The quantitative estimate of drug-likeness (QED) is 0.685. The molecule has 0 unspecified atom stereocenters. The van der Waals surface area contributed by atoms with Crippen LogP contribution in [-0.4, -0.2) is 28.1 Å². The molecule has 0 aliphatic carbocycles. The molecule has 0 atom stereocenters. The second kappa shape index (κ2) is 5.80. The highest BCUT2D eigenvalue weighted by Crippen LogP contribution is 2.29. The van der Waals surface area contributed by atoms with E-state index in [1.165, 1.54) is 25.3 Å². The smallest absolute Gasteiger partial charge is 0.286 e. The Labute approximate surface area is 121 Å². The summed E-state index contributed by atoms with van der Waals surface area (Å²) in [5.74, 6) is -0.284. The van der Waals surface area contributed by atoms with Gasteiger partial charge in [-0.05, 0) is 17.7 Å². The van der Waals surface area contributed by atoms with Gasteiger partial charge in [0.05, 0.1) is 17.7 Å². The van der Waals surface area contributed by atoms with Crippen LogP contribution in [-0.2, 0) is 0 Å². The average molecular weight is 315 g/mol. The number of rotatable bonds is 4. The van der Waals surface area contributed by atoms with Crippen LogP contribution in [0.2, 0.25) is 4.47 Å². The highest BCUT2D eigenvalue weighted by Gasteiger charge is 2.17. The summed E-state index contributed by atoms with van der Waals surface area (Å²) in [5, 5.41) is 20.3. The van der Waals surface area contributed by atoms with Crippen molar-refractivity contribution < 1.29 is 14.5 Å². The molecule has 0 saturated heterocycles. The Balaban J connectivity index is 2.29. The fraction of sp³-hybridized carbons (Fsp3) is 0.100. The zero-order chi connectivity index (χ0) is 14.7. The van der Waals surface area contributed by atoms with Crippen LogP contribution >= 0.6 is 22.9 Å². The topological polar surface area (TPSA) is 107 Å². The number of nitro benzene ring substituents is 1. The normalized spacial score (nSPS) is 10.1. The monoisotopic (exact) mass is 314 g/mol. The Morgan fingerprint density at radius 1 is 1.50 bits per heavy atom. The largest absolute Gasteiger partial charge is 0.495 e. The van der Waals surface area contributed by atoms with Crippen molar-refractivity contribution in [1.29, 1.82) is 0 Å². The van der Waals surface area contributed by atoms with Crippen molar-refractivity contribution in [3.63, 3.8) is 0 Å². The number of non-ortho nitro benzene ring substituents is 1. The second-order valence-electron chi connectivity index (χ2n) is 3.46. The number of halogens is 1. The maximum atomic E-state index is 11.9. The molecule has 1 aromatic heterocycles. The van der Waals surface area contributed by atoms with Crippen molar-refractivity contribution in [2.24, 2.45) is 0 Å². The van der Waals surface area contributed by atoms with Gasteiger partial charge in [-0.15, -0.1) is 10.2 Å². The fourth-order valence-electron chi connectivity index (χ4n) is 1.38. The molecule has 10 heteroatoms. The summed E-state index contributed by atoms with van der Waals surface area (Å²) in [5.41, 5.74) is -0.00517. The van der Waals surface area contributed by atoms with Crippen LogP contribution in [0.15, 0.2) is 18.2 Å². The Hall–Kier alpha value is -2.26. The zero-order valence-corrected chi connectivity index (χ0v) is 11.6. The number of carbonyl (C=O) groups is 1. The first-order valence-electron chi connectivity index (χ1n) is 5.14. The number of ether oxygens (including phenoxy) is 1. The fourth-order valence-corrected chi connectivity index (χ4v) is 2.10. The molecule has 1 N–H and O–H groups in total. The van der Waals surface area contributed by atoms with E-state index in [1.807, 2.05) is 0 Å². The summed E-state index contributed by atoms with van der Waals surface area (Å²) in [4.78, 5) is 22.0. The first kappa shape index (κ1) is 14.2. The summed E-state index contributed by atoms with van der Waals surface area (Å²) >= 11 is 6.48. The van der Waals surface area contributed by atoms with E-state index in [9.17, 15) is 14.9 Å². The van der Waals surface area contributed by atoms with Gasteiger partial charge in [0.15, 0.2) is 0 Å². The van der Waals surface area contributed by atoms with Crippen molar-refractivity contribution in [3.8, 4) is 5.75 Å². The summed E-state index contributed by atoms with van der Waals surface area (Å²) in [7, 11) is 1.39. The molecule has 2 rings (SSSR count). The molecular weight excluding hydrogens is 308 g/mol. The van der Waals surface area contributed by atoms with Gasteiger partial charge in [-0.3, -0.25) is 14.9 Å². The molecule has 0 radical (unpaired) electrons. The maximum absolute atomic E-state index is 11.9. The number of nitrogens with zero attached hydrogens (tertiary/aromatic N) is 3. The van der Waals surface area contributed by atoms with E-state index in [4.69, 9.17) is 16.3 Å². The molecule has 8 nitrogen and oxygen atoms in total. The van der Waals surface area contributed by atoms with Crippen molar-refractivity contribution in [1.82, 2.24) is 10.2 Å². The molecule has 0 saturated carbocycles. The van der Waals surface area contributed by atoms with Gasteiger partial charge in [0.2, 0.25) is 9.47 Å². The number of nitro groups is 1. The average Bonchev–Trinajstić information content (AvgIpc) is 2.85. The summed E-state index contributed by atoms with van der Waals surface area (Å²) in [6.45, 7) is 0. The molecule has 1 aromatic carbocycles. The van der Waals surface area contributed by atoms with Gasteiger partial charge in [-0.2, -0.15) is 0 Å². The number of hydrogen-bond acceptors (Lipinski definition) is 7. The Bertz CT molecular complexity index is 675. The lowest BCUT2D eigenvalue weighted by atomic mass is 10.2.